The molecule has 2 N–H and O–H groups in total. The van der Waals surface area contributed by atoms with Gasteiger partial charge in [-0.1, -0.05) is 0 Å². The second kappa shape index (κ2) is 8.88. The molecular weight excluding hydrogens is 294 g/mol. The van der Waals surface area contributed by atoms with Crippen LogP contribution < -0.4 is 10.6 Å². The Labute approximate surface area is 138 Å². The van der Waals surface area contributed by atoms with Crippen molar-refractivity contribution in [3.63, 3.8) is 0 Å². The Morgan fingerprint density at radius 2 is 2.22 bits per heavy atom. The van der Waals surface area contributed by atoms with Crippen molar-refractivity contribution in [2.24, 2.45) is 7.05 Å². The number of urea groups is 1. The largest absolute Gasteiger partial charge is 0.385 e. The average molecular weight is 323 g/mol. The number of rotatable bonds is 7. The smallest absolute Gasteiger partial charge is 0.315 e. The number of nitrogens with one attached hydrogen (secondary N) is 2. The van der Waals surface area contributed by atoms with Crippen LogP contribution in [0.3, 0.4) is 0 Å². The highest BCUT2D eigenvalue weighted by molar-refractivity contribution is 5.74. The minimum Gasteiger partial charge on any atom is -0.385 e. The molecule has 0 aliphatic carbocycles. The van der Waals surface area contributed by atoms with Crippen LogP contribution in [0.4, 0.5) is 4.79 Å². The molecule has 1 aliphatic rings. The topological polar surface area (TPSA) is 71.4 Å². The molecule has 1 unspecified atom stereocenters. The highest BCUT2D eigenvalue weighted by atomic mass is 16.5. The average Bonchev–Trinajstić information content (AvgIpc) is 2.96. The molecule has 0 bridgehead atoms. The summed E-state index contributed by atoms with van der Waals surface area (Å²) in [5, 5.41) is 10.2. The van der Waals surface area contributed by atoms with Crippen LogP contribution in [0.1, 0.15) is 37.8 Å². The zero-order valence-electron chi connectivity index (χ0n) is 14.4. The van der Waals surface area contributed by atoms with Gasteiger partial charge >= 0.3 is 6.03 Å². The van der Waals surface area contributed by atoms with Crippen molar-refractivity contribution < 1.29 is 9.53 Å². The summed E-state index contributed by atoms with van der Waals surface area (Å²) >= 11 is 0. The first-order valence-corrected chi connectivity index (χ1v) is 8.35. The van der Waals surface area contributed by atoms with E-state index in [0.29, 0.717) is 0 Å². The Morgan fingerprint density at radius 3 is 2.83 bits per heavy atom. The number of likely N-dealkylation sites (tertiary alicyclic amines) is 1. The molecule has 1 aromatic rings. The van der Waals surface area contributed by atoms with Gasteiger partial charge in [0.15, 0.2) is 0 Å². The molecular formula is C16H29N5O2. The van der Waals surface area contributed by atoms with Crippen LogP contribution in [0.2, 0.25) is 0 Å². The van der Waals surface area contributed by atoms with Crippen molar-refractivity contribution in [1.82, 2.24) is 25.3 Å². The van der Waals surface area contributed by atoms with E-state index in [2.05, 4.69) is 20.6 Å². The Balaban J connectivity index is 1.66. The van der Waals surface area contributed by atoms with Crippen LogP contribution in [0.25, 0.3) is 0 Å². The third-order valence-electron chi connectivity index (χ3n) is 4.32. The molecule has 1 aromatic heterocycles. The van der Waals surface area contributed by atoms with E-state index < -0.39 is 0 Å². The van der Waals surface area contributed by atoms with E-state index in [-0.39, 0.29) is 18.1 Å². The molecule has 0 aromatic carbocycles. The predicted molar refractivity (Wildman–Crippen MR) is 89.2 cm³/mol. The van der Waals surface area contributed by atoms with Crippen LogP contribution in [0, 0.1) is 0 Å². The molecule has 2 rings (SSSR count). The van der Waals surface area contributed by atoms with E-state index in [0.717, 1.165) is 51.1 Å². The van der Waals surface area contributed by atoms with Crippen molar-refractivity contribution in [2.75, 3.05) is 33.4 Å². The monoisotopic (exact) mass is 323 g/mol. The van der Waals surface area contributed by atoms with Gasteiger partial charge in [0.05, 0.1) is 12.2 Å². The van der Waals surface area contributed by atoms with Crippen molar-refractivity contribution in [3.8, 4) is 0 Å². The molecule has 0 radical (unpaired) electrons. The summed E-state index contributed by atoms with van der Waals surface area (Å²) in [6.07, 6.45) is 6.77. The number of carbonyl (C=O) groups is 1. The quantitative estimate of drug-likeness (QED) is 0.742. The number of carbonyl (C=O) groups excluding carboxylic acids is 1. The van der Waals surface area contributed by atoms with E-state index >= 15 is 0 Å². The summed E-state index contributed by atoms with van der Waals surface area (Å²) in [7, 11) is 3.61. The van der Waals surface area contributed by atoms with Crippen LogP contribution >= 0.6 is 0 Å². The molecule has 1 saturated heterocycles. The lowest BCUT2D eigenvalue weighted by atomic mass is 10.1. The molecule has 7 heteroatoms. The molecule has 2 amide bonds. The summed E-state index contributed by atoms with van der Waals surface area (Å²) < 4.78 is 6.82. The third kappa shape index (κ3) is 5.84. The fourth-order valence-corrected chi connectivity index (χ4v) is 2.90. The Hall–Kier alpha value is -1.60. The number of aryl methyl sites for hydroxylation is 1. The SMILES string of the molecule is COCCCN1CCC(NC(=O)NC(C)c2cnn(C)c2)CC1. The Bertz CT molecular complexity index is 483. The van der Waals surface area contributed by atoms with Crippen molar-refractivity contribution in [1.29, 1.82) is 0 Å². The normalized spacial score (nSPS) is 17.9. The maximum absolute atomic E-state index is 12.1. The lowest BCUT2D eigenvalue weighted by molar-refractivity contribution is 0.153. The molecule has 7 nitrogen and oxygen atoms in total. The fourth-order valence-electron chi connectivity index (χ4n) is 2.90. The maximum atomic E-state index is 12.1. The van der Waals surface area contributed by atoms with Gasteiger partial charge in [0.2, 0.25) is 0 Å². The zero-order valence-corrected chi connectivity index (χ0v) is 14.4. The number of hydrogen-bond acceptors (Lipinski definition) is 4. The van der Waals surface area contributed by atoms with E-state index in [1.807, 2.05) is 20.2 Å². The first-order chi connectivity index (χ1) is 11.1. The van der Waals surface area contributed by atoms with Crippen molar-refractivity contribution in [2.45, 2.75) is 38.3 Å². The van der Waals surface area contributed by atoms with E-state index in [1.54, 1.807) is 18.0 Å². The van der Waals surface area contributed by atoms with Crippen LogP contribution in [0.5, 0.6) is 0 Å². The molecule has 0 saturated carbocycles. The van der Waals surface area contributed by atoms with Gasteiger partial charge in [0.1, 0.15) is 0 Å². The van der Waals surface area contributed by atoms with Gasteiger partial charge in [-0.15, -0.1) is 0 Å². The van der Waals surface area contributed by atoms with E-state index in [1.165, 1.54) is 0 Å². The first kappa shape index (κ1) is 17.7. The molecule has 130 valence electrons. The maximum Gasteiger partial charge on any atom is 0.315 e. The van der Waals surface area contributed by atoms with E-state index in [9.17, 15) is 4.79 Å². The Morgan fingerprint density at radius 1 is 1.48 bits per heavy atom. The number of methoxy groups -OCH3 is 1. The summed E-state index contributed by atoms with van der Waals surface area (Å²) in [5.74, 6) is 0. The second-order valence-corrected chi connectivity index (χ2v) is 6.25. The molecule has 1 fully saturated rings. The zero-order chi connectivity index (χ0) is 16.7. The molecule has 0 spiro atoms. The van der Waals surface area contributed by atoms with Gasteiger partial charge in [-0.05, 0) is 26.2 Å². The van der Waals surface area contributed by atoms with Gasteiger partial charge < -0.3 is 20.3 Å². The van der Waals surface area contributed by atoms with Crippen molar-refractivity contribution >= 4 is 6.03 Å². The van der Waals surface area contributed by atoms with Crippen LogP contribution in [-0.4, -0.2) is 60.1 Å². The third-order valence-corrected chi connectivity index (χ3v) is 4.32. The number of hydrogen-bond donors (Lipinski definition) is 2. The minimum absolute atomic E-state index is 0.0437. The number of aromatic nitrogens is 2. The lowest BCUT2D eigenvalue weighted by Gasteiger charge is -2.32. The minimum atomic E-state index is -0.0980. The number of amides is 2. The van der Waals surface area contributed by atoms with Gasteiger partial charge in [0, 0.05) is 58.2 Å². The standard InChI is InChI=1S/C16H29N5O2/c1-13(14-11-17-20(2)12-14)18-16(22)19-15-5-8-21(9-6-15)7-4-10-23-3/h11-13,15H,4-10H2,1-3H3,(H2,18,19,22). The van der Waals surface area contributed by atoms with Gasteiger partial charge in [-0.2, -0.15) is 5.10 Å². The van der Waals surface area contributed by atoms with Gasteiger partial charge in [0.25, 0.3) is 0 Å². The molecule has 23 heavy (non-hydrogen) atoms. The van der Waals surface area contributed by atoms with Crippen LogP contribution in [0.15, 0.2) is 12.4 Å². The predicted octanol–water partition coefficient (Wildman–Crippen LogP) is 1.28. The molecule has 2 heterocycles. The van der Waals surface area contributed by atoms with Gasteiger partial charge in [-0.25, -0.2) is 4.79 Å². The number of nitrogens with zero attached hydrogens (tertiary/aromatic N) is 3. The second-order valence-electron chi connectivity index (χ2n) is 6.25. The summed E-state index contributed by atoms with van der Waals surface area (Å²) in [4.78, 5) is 14.6. The first-order valence-electron chi connectivity index (χ1n) is 8.35. The lowest BCUT2D eigenvalue weighted by Crippen LogP contribution is -2.48. The van der Waals surface area contributed by atoms with Crippen molar-refractivity contribution in [3.05, 3.63) is 18.0 Å². The number of piperidine rings is 1. The summed E-state index contributed by atoms with van der Waals surface area (Å²) in [6, 6.07) is 0.117. The van der Waals surface area contributed by atoms with Gasteiger partial charge in [-0.3, -0.25) is 4.68 Å². The Kier molecular flexibility index (Phi) is 6.85. The number of ether oxygens (including phenoxy) is 1. The summed E-state index contributed by atoms with van der Waals surface area (Å²) in [6.45, 7) is 5.92. The molecule has 1 aliphatic heterocycles. The summed E-state index contributed by atoms with van der Waals surface area (Å²) in [5.41, 5.74) is 1.01. The fraction of sp³-hybridized carbons (Fsp3) is 0.750. The van der Waals surface area contributed by atoms with E-state index in [4.69, 9.17) is 4.74 Å². The van der Waals surface area contributed by atoms with Crippen LogP contribution in [-0.2, 0) is 11.8 Å². The highest BCUT2D eigenvalue weighted by Crippen LogP contribution is 2.12. The highest BCUT2D eigenvalue weighted by Gasteiger charge is 2.21. The molecule has 1 atom stereocenters.